The lowest BCUT2D eigenvalue weighted by Gasteiger charge is -2.36. The lowest BCUT2D eigenvalue weighted by Crippen LogP contribution is -2.48. The third-order valence-electron chi connectivity index (χ3n) is 5.03. The van der Waals surface area contributed by atoms with E-state index in [1.165, 1.54) is 0 Å². The summed E-state index contributed by atoms with van der Waals surface area (Å²) in [6.07, 6.45) is 5.27. The van der Waals surface area contributed by atoms with E-state index < -0.39 is 5.60 Å². The molecule has 1 N–H and O–H groups in total. The van der Waals surface area contributed by atoms with Gasteiger partial charge in [0.15, 0.2) is 5.96 Å². The predicted octanol–water partition coefficient (Wildman–Crippen LogP) is 3.74. The number of hydrogen-bond donors (Lipinski definition) is 1. The zero-order chi connectivity index (χ0) is 21.7. The first-order valence-electron chi connectivity index (χ1n) is 11.3. The van der Waals surface area contributed by atoms with E-state index >= 15 is 0 Å². The molecule has 0 bridgehead atoms. The van der Waals surface area contributed by atoms with Crippen LogP contribution in [0, 0.1) is 5.92 Å². The number of likely N-dealkylation sites (tertiary alicyclic amines) is 1. The molecule has 7 heteroatoms. The smallest absolute Gasteiger partial charge is 0.410 e. The number of rotatable bonds is 10. The molecule has 0 atom stereocenters. The number of nitrogens with one attached hydrogen (secondary N) is 1. The van der Waals surface area contributed by atoms with Gasteiger partial charge in [-0.05, 0) is 72.6 Å². The van der Waals surface area contributed by atoms with Gasteiger partial charge in [0.1, 0.15) is 5.60 Å². The predicted molar refractivity (Wildman–Crippen MR) is 119 cm³/mol. The summed E-state index contributed by atoms with van der Waals surface area (Å²) in [7, 11) is 1.75. The minimum Gasteiger partial charge on any atom is -0.444 e. The number of unbranched alkanes of at least 4 members (excludes halogenated alkanes) is 2. The Morgan fingerprint density at radius 2 is 1.86 bits per heavy atom. The lowest BCUT2D eigenvalue weighted by atomic mass is 9.96. The Bertz CT molecular complexity index is 483. The minimum atomic E-state index is -0.450. The zero-order valence-electron chi connectivity index (χ0n) is 19.6. The van der Waals surface area contributed by atoms with Gasteiger partial charge >= 0.3 is 6.09 Å². The van der Waals surface area contributed by atoms with Crippen molar-refractivity contribution in [1.29, 1.82) is 0 Å². The first-order valence-corrected chi connectivity index (χ1v) is 11.3. The molecule has 0 aliphatic carbocycles. The van der Waals surface area contributed by atoms with Crippen LogP contribution in [0.15, 0.2) is 4.99 Å². The quantitative estimate of drug-likeness (QED) is 0.336. The molecule has 1 aliphatic heterocycles. The Kier molecular flexibility index (Phi) is 12.0. The van der Waals surface area contributed by atoms with Gasteiger partial charge in [-0.3, -0.25) is 4.99 Å². The minimum absolute atomic E-state index is 0.203. The Balaban J connectivity index is 2.47. The second-order valence-corrected chi connectivity index (χ2v) is 8.74. The van der Waals surface area contributed by atoms with Crippen molar-refractivity contribution in [3.05, 3.63) is 0 Å². The lowest BCUT2D eigenvalue weighted by molar-refractivity contribution is 0.0214. The zero-order valence-corrected chi connectivity index (χ0v) is 19.6. The van der Waals surface area contributed by atoms with Gasteiger partial charge in [-0.15, -0.1) is 0 Å². The van der Waals surface area contributed by atoms with Crippen molar-refractivity contribution in [1.82, 2.24) is 15.1 Å². The van der Waals surface area contributed by atoms with Crippen LogP contribution in [-0.4, -0.2) is 80.4 Å². The topological polar surface area (TPSA) is 66.4 Å². The fourth-order valence-electron chi connectivity index (χ4n) is 3.44. The van der Waals surface area contributed by atoms with E-state index in [1.54, 1.807) is 7.11 Å². The van der Waals surface area contributed by atoms with Gasteiger partial charge in [-0.1, -0.05) is 0 Å². The van der Waals surface area contributed by atoms with Crippen LogP contribution in [0.1, 0.15) is 66.7 Å². The van der Waals surface area contributed by atoms with Gasteiger partial charge in [0.25, 0.3) is 0 Å². The second kappa shape index (κ2) is 13.7. The highest BCUT2D eigenvalue weighted by molar-refractivity contribution is 5.80. The van der Waals surface area contributed by atoms with E-state index in [4.69, 9.17) is 14.5 Å². The van der Waals surface area contributed by atoms with E-state index in [-0.39, 0.29) is 6.09 Å². The van der Waals surface area contributed by atoms with E-state index in [2.05, 4.69) is 17.1 Å². The molecular weight excluding hydrogens is 368 g/mol. The summed E-state index contributed by atoms with van der Waals surface area (Å²) in [4.78, 5) is 21.4. The van der Waals surface area contributed by atoms with Gasteiger partial charge < -0.3 is 24.6 Å². The monoisotopic (exact) mass is 412 g/mol. The number of aliphatic imine (C=N–C) groups is 1. The maximum Gasteiger partial charge on any atom is 0.410 e. The molecule has 0 saturated carbocycles. The summed E-state index contributed by atoms with van der Waals surface area (Å²) in [5.41, 5.74) is -0.450. The van der Waals surface area contributed by atoms with E-state index in [0.29, 0.717) is 12.5 Å². The van der Waals surface area contributed by atoms with Gasteiger partial charge in [0, 0.05) is 53.0 Å². The molecular formula is C22H44N4O3. The van der Waals surface area contributed by atoms with Crippen molar-refractivity contribution < 1.29 is 14.3 Å². The Morgan fingerprint density at radius 1 is 1.17 bits per heavy atom. The first-order chi connectivity index (χ1) is 13.8. The molecule has 1 heterocycles. The van der Waals surface area contributed by atoms with Gasteiger partial charge in [-0.25, -0.2) is 4.79 Å². The molecule has 170 valence electrons. The molecule has 7 nitrogen and oxygen atoms in total. The van der Waals surface area contributed by atoms with E-state index in [1.807, 2.05) is 32.6 Å². The van der Waals surface area contributed by atoms with Crippen molar-refractivity contribution in [3.63, 3.8) is 0 Å². The van der Waals surface area contributed by atoms with Crippen molar-refractivity contribution in [2.24, 2.45) is 10.9 Å². The molecule has 0 aromatic heterocycles. The van der Waals surface area contributed by atoms with Crippen molar-refractivity contribution in [3.8, 4) is 0 Å². The fourth-order valence-corrected chi connectivity index (χ4v) is 3.44. The summed E-state index contributed by atoms with van der Waals surface area (Å²) in [6.45, 7) is 15.8. The van der Waals surface area contributed by atoms with E-state index in [9.17, 15) is 4.79 Å². The number of hydrogen-bond acceptors (Lipinski definition) is 4. The number of carbonyl (C=O) groups excluding carboxylic acids is 1. The summed E-state index contributed by atoms with van der Waals surface area (Å²) < 4.78 is 10.6. The van der Waals surface area contributed by atoms with Crippen molar-refractivity contribution in [2.45, 2.75) is 72.3 Å². The molecule has 0 spiro atoms. The number of nitrogens with zero attached hydrogens (tertiary/aromatic N) is 3. The molecule has 1 fully saturated rings. The SMILES string of the molecule is CCNC(=NCCCCCOC)N1CCC(CN(CC)C(=O)OC(C)(C)C)CC1. The molecule has 0 radical (unpaired) electrons. The summed E-state index contributed by atoms with van der Waals surface area (Å²) >= 11 is 0. The average molecular weight is 413 g/mol. The molecule has 1 aliphatic rings. The molecule has 29 heavy (non-hydrogen) atoms. The molecule has 1 saturated heterocycles. The number of methoxy groups -OCH3 is 1. The molecule has 1 rings (SSSR count). The summed E-state index contributed by atoms with van der Waals surface area (Å²) in [5, 5.41) is 3.43. The van der Waals surface area contributed by atoms with Gasteiger partial charge in [0.2, 0.25) is 0 Å². The third kappa shape index (κ3) is 10.7. The molecule has 0 aromatic rings. The number of ether oxygens (including phenoxy) is 2. The van der Waals surface area contributed by atoms with Crippen LogP contribution in [0.5, 0.6) is 0 Å². The Labute approximate surface area is 178 Å². The fraction of sp³-hybridized carbons (Fsp3) is 0.909. The second-order valence-electron chi connectivity index (χ2n) is 8.74. The third-order valence-corrected chi connectivity index (χ3v) is 5.03. The van der Waals surface area contributed by atoms with Crippen LogP contribution in [0.3, 0.4) is 0 Å². The van der Waals surface area contributed by atoms with Gasteiger partial charge in [0.05, 0.1) is 0 Å². The molecule has 0 unspecified atom stereocenters. The normalized spacial score (nSPS) is 16.1. The maximum atomic E-state index is 12.4. The van der Waals surface area contributed by atoms with Gasteiger partial charge in [-0.2, -0.15) is 0 Å². The molecule has 1 amide bonds. The van der Waals surface area contributed by atoms with Crippen LogP contribution in [0.2, 0.25) is 0 Å². The highest BCUT2D eigenvalue weighted by Gasteiger charge is 2.27. The van der Waals surface area contributed by atoms with Crippen LogP contribution in [0.4, 0.5) is 4.79 Å². The number of piperidine rings is 1. The van der Waals surface area contributed by atoms with E-state index in [0.717, 1.165) is 77.4 Å². The number of amides is 1. The van der Waals surface area contributed by atoms with Crippen LogP contribution >= 0.6 is 0 Å². The highest BCUT2D eigenvalue weighted by atomic mass is 16.6. The standard InChI is InChI=1S/C22H44N4O3/c1-7-23-20(24-14-10-9-11-17-28-6)26-15-12-19(13-16-26)18-25(8-2)21(27)29-22(3,4)5/h19H,7-18H2,1-6H3,(H,23,24). The summed E-state index contributed by atoms with van der Waals surface area (Å²) in [6, 6.07) is 0. The highest BCUT2D eigenvalue weighted by Crippen LogP contribution is 2.20. The van der Waals surface area contributed by atoms with Crippen molar-refractivity contribution >= 4 is 12.1 Å². The van der Waals surface area contributed by atoms with Crippen molar-refractivity contribution in [2.75, 3.05) is 53.0 Å². The largest absolute Gasteiger partial charge is 0.444 e. The number of guanidine groups is 1. The maximum absolute atomic E-state index is 12.4. The molecule has 0 aromatic carbocycles. The van der Waals surface area contributed by atoms with Crippen LogP contribution in [-0.2, 0) is 9.47 Å². The summed E-state index contributed by atoms with van der Waals surface area (Å²) in [5.74, 6) is 1.54. The number of carbonyl (C=O) groups is 1. The van der Waals surface area contributed by atoms with Crippen LogP contribution < -0.4 is 5.32 Å². The van der Waals surface area contributed by atoms with Crippen LogP contribution in [0.25, 0.3) is 0 Å². The Hall–Kier alpha value is -1.50. The Morgan fingerprint density at radius 3 is 2.41 bits per heavy atom. The first kappa shape index (κ1) is 25.5. The average Bonchev–Trinajstić information content (AvgIpc) is 2.67.